The van der Waals surface area contributed by atoms with Crippen molar-refractivity contribution in [3.8, 4) is 0 Å². The first kappa shape index (κ1) is 15.3. The lowest BCUT2D eigenvalue weighted by Crippen LogP contribution is -2.25. The Hall–Kier alpha value is -1.13. The van der Waals surface area contributed by atoms with Gasteiger partial charge in [-0.1, -0.05) is 20.8 Å². The second-order valence-corrected chi connectivity index (χ2v) is 6.93. The van der Waals surface area contributed by atoms with E-state index in [2.05, 4.69) is 67.9 Å². The van der Waals surface area contributed by atoms with Crippen molar-refractivity contribution in [3.05, 3.63) is 39.6 Å². The maximum Gasteiger partial charge on any atom is 0.113 e. The fourth-order valence-electron chi connectivity index (χ4n) is 2.46. The molecule has 1 N–H and O–H groups in total. The first-order valence-electron chi connectivity index (χ1n) is 7.33. The number of hydrogen-bond donors (Lipinski definition) is 1. The van der Waals surface area contributed by atoms with Crippen LogP contribution in [0.5, 0.6) is 0 Å². The number of thiazole rings is 1. The van der Waals surface area contributed by atoms with Crippen molar-refractivity contribution >= 4 is 11.3 Å². The van der Waals surface area contributed by atoms with Crippen LogP contribution >= 0.6 is 11.3 Å². The van der Waals surface area contributed by atoms with E-state index in [1.807, 2.05) is 0 Å². The SMILES string of the molecule is CCNC(c1ccn(Cc2nc(C)c(C)s2)c1)C(C)C. The molecule has 1 atom stereocenters. The third-order valence-electron chi connectivity index (χ3n) is 3.61. The minimum absolute atomic E-state index is 0.431. The maximum atomic E-state index is 4.61. The summed E-state index contributed by atoms with van der Waals surface area (Å²) in [4.78, 5) is 5.93. The summed E-state index contributed by atoms with van der Waals surface area (Å²) in [6.45, 7) is 12.8. The standard InChI is InChI=1S/C16H25N3S/c1-6-17-16(11(2)3)14-7-8-19(9-14)10-15-18-12(4)13(5)20-15/h7-9,11,16-17H,6,10H2,1-5H3. The molecule has 0 fully saturated rings. The molecule has 0 spiro atoms. The number of nitrogens with zero attached hydrogens (tertiary/aromatic N) is 2. The molecule has 4 heteroatoms. The number of nitrogens with one attached hydrogen (secondary N) is 1. The van der Waals surface area contributed by atoms with Gasteiger partial charge in [-0.05, 0) is 37.9 Å². The summed E-state index contributed by atoms with van der Waals surface area (Å²) >= 11 is 1.80. The number of rotatable bonds is 6. The Kier molecular flexibility index (Phi) is 5.00. The molecule has 0 amide bonds. The van der Waals surface area contributed by atoms with Crippen LogP contribution < -0.4 is 5.32 Å². The molecule has 110 valence electrons. The van der Waals surface area contributed by atoms with Crippen molar-refractivity contribution in [2.75, 3.05) is 6.54 Å². The summed E-state index contributed by atoms with van der Waals surface area (Å²) in [5.41, 5.74) is 2.52. The molecule has 0 aliphatic rings. The van der Waals surface area contributed by atoms with Gasteiger partial charge in [-0.15, -0.1) is 11.3 Å². The molecule has 0 aliphatic carbocycles. The van der Waals surface area contributed by atoms with E-state index in [0.29, 0.717) is 12.0 Å². The second-order valence-electron chi connectivity index (χ2n) is 5.65. The van der Waals surface area contributed by atoms with Crippen molar-refractivity contribution in [2.24, 2.45) is 5.92 Å². The third kappa shape index (κ3) is 3.49. The van der Waals surface area contributed by atoms with Crippen LogP contribution in [0.2, 0.25) is 0 Å². The monoisotopic (exact) mass is 291 g/mol. The van der Waals surface area contributed by atoms with Crippen molar-refractivity contribution in [2.45, 2.75) is 47.2 Å². The Balaban J connectivity index is 2.11. The van der Waals surface area contributed by atoms with Crippen molar-refractivity contribution < 1.29 is 0 Å². The number of hydrogen-bond acceptors (Lipinski definition) is 3. The zero-order valence-corrected chi connectivity index (χ0v) is 13.9. The summed E-state index contributed by atoms with van der Waals surface area (Å²) in [5, 5.41) is 4.75. The van der Waals surface area contributed by atoms with E-state index >= 15 is 0 Å². The smallest absolute Gasteiger partial charge is 0.113 e. The molecule has 2 heterocycles. The van der Waals surface area contributed by atoms with Gasteiger partial charge in [0.25, 0.3) is 0 Å². The van der Waals surface area contributed by atoms with Crippen LogP contribution in [0.1, 0.15) is 48.0 Å². The fraction of sp³-hybridized carbons (Fsp3) is 0.562. The summed E-state index contributed by atoms with van der Waals surface area (Å²) < 4.78 is 2.24. The van der Waals surface area contributed by atoms with Gasteiger partial charge in [0.1, 0.15) is 5.01 Å². The Labute approximate surface area is 126 Å². The average molecular weight is 291 g/mol. The maximum absolute atomic E-state index is 4.61. The van der Waals surface area contributed by atoms with Crippen molar-refractivity contribution in [3.63, 3.8) is 0 Å². The summed E-state index contributed by atoms with van der Waals surface area (Å²) in [6, 6.07) is 2.65. The first-order valence-corrected chi connectivity index (χ1v) is 8.14. The highest BCUT2D eigenvalue weighted by Gasteiger charge is 2.15. The molecule has 2 aromatic rings. The second kappa shape index (κ2) is 6.55. The van der Waals surface area contributed by atoms with Crippen LogP contribution in [-0.4, -0.2) is 16.1 Å². The highest BCUT2D eigenvalue weighted by molar-refractivity contribution is 7.11. The van der Waals surface area contributed by atoms with Gasteiger partial charge in [0.2, 0.25) is 0 Å². The predicted octanol–water partition coefficient (Wildman–Crippen LogP) is 3.92. The van der Waals surface area contributed by atoms with Crippen molar-refractivity contribution in [1.29, 1.82) is 0 Å². The summed E-state index contributed by atoms with van der Waals surface area (Å²) in [5.74, 6) is 0.593. The molecule has 0 radical (unpaired) electrons. The lowest BCUT2D eigenvalue weighted by atomic mass is 9.98. The molecule has 2 aromatic heterocycles. The van der Waals surface area contributed by atoms with Gasteiger partial charge in [-0.25, -0.2) is 4.98 Å². The minimum atomic E-state index is 0.431. The Morgan fingerprint density at radius 1 is 1.35 bits per heavy atom. The molecule has 0 saturated carbocycles. The van der Waals surface area contributed by atoms with Crippen LogP contribution in [0, 0.1) is 19.8 Å². The van der Waals surface area contributed by atoms with Gasteiger partial charge in [0, 0.05) is 23.3 Å². The molecule has 0 aliphatic heterocycles. The molecular weight excluding hydrogens is 266 g/mol. The molecule has 20 heavy (non-hydrogen) atoms. The number of aromatic nitrogens is 2. The minimum Gasteiger partial charge on any atom is -0.347 e. The van der Waals surface area contributed by atoms with Crippen LogP contribution in [0.25, 0.3) is 0 Å². The third-order valence-corrected chi connectivity index (χ3v) is 4.67. The van der Waals surface area contributed by atoms with Gasteiger partial charge in [-0.3, -0.25) is 0 Å². The lowest BCUT2D eigenvalue weighted by Gasteiger charge is -2.20. The quantitative estimate of drug-likeness (QED) is 0.874. The largest absolute Gasteiger partial charge is 0.347 e. The summed E-state index contributed by atoms with van der Waals surface area (Å²) in [6.07, 6.45) is 4.41. The van der Waals surface area contributed by atoms with E-state index in [-0.39, 0.29) is 0 Å². The topological polar surface area (TPSA) is 29.9 Å². The highest BCUT2D eigenvalue weighted by atomic mass is 32.1. The Morgan fingerprint density at radius 2 is 2.10 bits per heavy atom. The summed E-state index contributed by atoms with van der Waals surface area (Å²) in [7, 11) is 0. The van der Waals surface area contributed by atoms with E-state index < -0.39 is 0 Å². The Bertz CT molecular complexity index is 534. The molecule has 3 nitrogen and oxygen atoms in total. The van der Waals surface area contributed by atoms with Crippen LogP contribution in [0.4, 0.5) is 0 Å². The fourth-order valence-corrected chi connectivity index (χ4v) is 3.41. The molecule has 0 saturated heterocycles. The molecule has 0 bridgehead atoms. The van der Waals surface area contributed by atoms with E-state index in [1.54, 1.807) is 11.3 Å². The predicted molar refractivity (Wildman–Crippen MR) is 86.4 cm³/mol. The molecular formula is C16H25N3S. The van der Waals surface area contributed by atoms with Gasteiger partial charge in [0.15, 0.2) is 0 Å². The molecule has 0 aromatic carbocycles. The van der Waals surface area contributed by atoms with Gasteiger partial charge in [0.05, 0.1) is 12.2 Å². The van der Waals surface area contributed by atoms with E-state index in [4.69, 9.17) is 0 Å². The van der Waals surface area contributed by atoms with Crippen LogP contribution in [0.15, 0.2) is 18.5 Å². The molecule has 1 unspecified atom stereocenters. The van der Waals surface area contributed by atoms with Crippen LogP contribution in [-0.2, 0) is 6.54 Å². The first-order chi connectivity index (χ1) is 9.51. The van der Waals surface area contributed by atoms with Gasteiger partial charge in [-0.2, -0.15) is 0 Å². The average Bonchev–Trinajstić information content (AvgIpc) is 2.94. The number of aryl methyl sites for hydroxylation is 2. The van der Waals surface area contributed by atoms with Crippen LogP contribution in [0.3, 0.4) is 0 Å². The van der Waals surface area contributed by atoms with Crippen molar-refractivity contribution in [1.82, 2.24) is 14.9 Å². The normalized spacial score (nSPS) is 13.1. The lowest BCUT2D eigenvalue weighted by molar-refractivity contribution is 0.421. The zero-order chi connectivity index (χ0) is 14.7. The zero-order valence-electron chi connectivity index (χ0n) is 13.1. The van der Waals surface area contributed by atoms with E-state index in [0.717, 1.165) is 18.8 Å². The highest BCUT2D eigenvalue weighted by Crippen LogP contribution is 2.23. The van der Waals surface area contributed by atoms with E-state index in [9.17, 15) is 0 Å². The van der Waals surface area contributed by atoms with E-state index in [1.165, 1.54) is 15.4 Å². The molecule has 2 rings (SSSR count). The van der Waals surface area contributed by atoms with Gasteiger partial charge < -0.3 is 9.88 Å². The van der Waals surface area contributed by atoms with Gasteiger partial charge >= 0.3 is 0 Å². The Morgan fingerprint density at radius 3 is 2.65 bits per heavy atom.